The number of hydrogen-bond donors (Lipinski definition) is 1. The highest BCUT2D eigenvalue weighted by molar-refractivity contribution is 5.96. The van der Waals surface area contributed by atoms with E-state index in [4.69, 9.17) is 20.5 Å². The lowest BCUT2D eigenvalue weighted by atomic mass is 10.2. The molecule has 1 aromatic heterocycles. The third-order valence-electron chi connectivity index (χ3n) is 3.25. The molecule has 1 aromatic carbocycles. The van der Waals surface area contributed by atoms with Gasteiger partial charge in [-0.15, -0.1) is 0 Å². The Labute approximate surface area is 131 Å². The van der Waals surface area contributed by atoms with Gasteiger partial charge in [0.25, 0.3) is 0 Å². The smallest absolute Gasteiger partial charge is 0.357 e. The second-order valence-corrected chi connectivity index (χ2v) is 4.44. The molecule has 2 N–H and O–H groups in total. The summed E-state index contributed by atoms with van der Waals surface area (Å²) < 4.78 is 30.4. The van der Waals surface area contributed by atoms with Crippen molar-refractivity contribution in [3.63, 3.8) is 0 Å². The molecule has 0 radical (unpaired) electrons. The summed E-state index contributed by atoms with van der Waals surface area (Å²) in [6, 6.07) is 4.55. The molecule has 0 aliphatic rings. The highest BCUT2D eigenvalue weighted by atomic mass is 19.1. The van der Waals surface area contributed by atoms with Gasteiger partial charge in [0.1, 0.15) is 11.8 Å². The van der Waals surface area contributed by atoms with Crippen LogP contribution in [0, 0.1) is 17.1 Å². The summed E-state index contributed by atoms with van der Waals surface area (Å²) in [5, 5.41) is 9.09. The van der Waals surface area contributed by atoms with Crippen LogP contribution in [0.1, 0.15) is 16.1 Å². The summed E-state index contributed by atoms with van der Waals surface area (Å²) in [4.78, 5) is 12.0. The van der Waals surface area contributed by atoms with Crippen LogP contribution in [-0.4, -0.2) is 31.9 Å². The summed E-state index contributed by atoms with van der Waals surface area (Å²) in [6.45, 7) is 0. The third-order valence-corrected chi connectivity index (χ3v) is 3.25. The number of ether oxygens (including phenoxy) is 3. The van der Waals surface area contributed by atoms with E-state index >= 15 is 0 Å². The van der Waals surface area contributed by atoms with E-state index in [1.165, 1.54) is 32.5 Å². The van der Waals surface area contributed by atoms with Gasteiger partial charge in [-0.05, 0) is 0 Å². The van der Waals surface area contributed by atoms with E-state index in [2.05, 4.69) is 4.74 Å². The fourth-order valence-electron chi connectivity index (χ4n) is 2.10. The number of nitrogens with two attached hydrogens (primary N) is 1. The number of benzene rings is 1. The van der Waals surface area contributed by atoms with Crippen LogP contribution in [-0.2, 0) is 4.74 Å². The van der Waals surface area contributed by atoms with Crippen molar-refractivity contribution >= 4 is 11.7 Å². The monoisotopic (exact) mass is 319 g/mol. The van der Waals surface area contributed by atoms with Crippen LogP contribution in [0.15, 0.2) is 18.3 Å². The number of nitrogens with zero attached hydrogens (tertiary/aromatic N) is 2. The number of methoxy groups -OCH3 is 3. The van der Waals surface area contributed by atoms with E-state index in [1.54, 1.807) is 0 Å². The van der Waals surface area contributed by atoms with Crippen molar-refractivity contribution in [2.75, 3.05) is 27.1 Å². The predicted octanol–water partition coefficient (Wildman–Crippen LogP) is 1.87. The van der Waals surface area contributed by atoms with Gasteiger partial charge in [0, 0.05) is 18.3 Å². The second kappa shape index (κ2) is 6.27. The summed E-state index contributed by atoms with van der Waals surface area (Å²) in [6.07, 6.45) is 1.25. The first kappa shape index (κ1) is 16.2. The normalized spacial score (nSPS) is 10.0. The lowest BCUT2D eigenvalue weighted by Crippen LogP contribution is -2.12. The molecule has 120 valence electrons. The third kappa shape index (κ3) is 2.64. The molecule has 1 heterocycles. The number of rotatable bonds is 4. The van der Waals surface area contributed by atoms with Crippen LogP contribution in [0.25, 0.3) is 5.69 Å². The van der Waals surface area contributed by atoms with Crippen LogP contribution in [0.3, 0.4) is 0 Å². The van der Waals surface area contributed by atoms with Gasteiger partial charge in [0.15, 0.2) is 17.3 Å². The minimum Gasteiger partial charge on any atom is -0.497 e. The van der Waals surface area contributed by atoms with Gasteiger partial charge in [0.05, 0.1) is 38.3 Å². The highest BCUT2D eigenvalue weighted by Crippen LogP contribution is 2.33. The Morgan fingerprint density at radius 3 is 2.52 bits per heavy atom. The zero-order valence-corrected chi connectivity index (χ0v) is 12.7. The van der Waals surface area contributed by atoms with Crippen molar-refractivity contribution in [2.24, 2.45) is 0 Å². The molecule has 0 saturated heterocycles. The summed E-state index contributed by atoms with van der Waals surface area (Å²) in [5.74, 6) is -1.32. The summed E-state index contributed by atoms with van der Waals surface area (Å²) in [7, 11) is 3.86. The summed E-state index contributed by atoms with van der Waals surface area (Å²) >= 11 is 0. The van der Waals surface area contributed by atoms with E-state index in [-0.39, 0.29) is 28.4 Å². The molecule has 0 fully saturated rings. The van der Waals surface area contributed by atoms with Gasteiger partial charge in [-0.2, -0.15) is 5.26 Å². The molecule has 0 aliphatic carbocycles. The first-order valence-electron chi connectivity index (χ1n) is 6.39. The standard InChI is InChI=1S/C15H14FN3O4/c1-21-9-4-10(12(16)11(5-9)22-2)19-7-8(6-17)13(18)14(19)15(20)23-3/h4-5,7H,18H2,1-3H3. The minimum absolute atomic E-state index is 0.0200. The molecule has 0 amide bonds. The van der Waals surface area contributed by atoms with Crippen molar-refractivity contribution in [2.45, 2.75) is 0 Å². The van der Waals surface area contributed by atoms with Gasteiger partial charge in [-0.25, -0.2) is 9.18 Å². The molecule has 0 bridgehead atoms. The van der Waals surface area contributed by atoms with Gasteiger partial charge in [0.2, 0.25) is 0 Å². The van der Waals surface area contributed by atoms with Gasteiger partial charge < -0.3 is 24.5 Å². The molecule has 8 heteroatoms. The van der Waals surface area contributed by atoms with Crippen LogP contribution < -0.4 is 15.2 Å². The fraction of sp³-hybridized carbons (Fsp3) is 0.200. The Balaban J connectivity index is 2.81. The fourth-order valence-corrected chi connectivity index (χ4v) is 2.10. The Kier molecular flexibility index (Phi) is 4.41. The number of nitriles is 1. The zero-order chi connectivity index (χ0) is 17.1. The Bertz CT molecular complexity index is 808. The Morgan fingerprint density at radius 1 is 1.30 bits per heavy atom. The van der Waals surface area contributed by atoms with Gasteiger partial charge in [-0.3, -0.25) is 0 Å². The topological polar surface area (TPSA) is 99.5 Å². The maximum absolute atomic E-state index is 14.6. The Morgan fingerprint density at radius 2 is 2.00 bits per heavy atom. The number of carbonyl (C=O) groups is 1. The predicted molar refractivity (Wildman–Crippen MR) is 79.3 cm³/mol. The molecule has 2 aromatic rings. The average Bonchev–Trinajstić information content (AvgIpc) is 2.90. The van der Waals surface area contributed by atoms with Gasteiger partial charge >= 0.3 is 5.97 Å². The lowest BCUT2D eigenvalue weighted by molar-refractivity contribution is 0.0593. The SMILES string of the molecule is COC(=O)c1c(N)c(C#N)cn1-c1cc(OC)cc(OC)c1F. The molecule has 7 nitrogen and oxygen atoms in total. The van der Waals surface area contributed by atoms with E-state index in [0.717, 1.165) is 11.7 Å². The molecule has 23 heavy (non-hydrogen) atoms. The van der Waals surface area contributed by atoms with Crippen molar-refractivity contribution in [3.8, 4) is 23.3 Å². The van der Waals surface area contributed by atoms with Crippen LogP contribution >= 0.6 is 0 Å². The van der Waals surface area contributed by atoms with Crippen LogP contribution in [0.4, 0.5) is 10.1 Å². The zero-order valence-electron chi connectivity index (χ0n) is 12.7. The first-order valence-corrected chi connectivity index (χ1v) is 6.39. The summed E-state index contributed by atoms with van der Waals surface area (Å²) in [5.41, 5.74) is 5.50. The largest absolute Gasteiger partial charge is 0.497 e. The number of anilines is 1. The maximum atomic E-state index is 14.6. The number of carbonyl (C=O) groups excluding carboxylic acids is 1. The molecule has 2 rings (SSSR count). The van der Waals surface area contributed by atoms with E-state index < -0.39 is 11.8 Å². The Hall–Kier alpha value is -3.21. The number of hydrogen-bond acceptors (Lipinski definition) is 6. The average molecular weight is 319 g/mol. The minimum atomic E-state index is -0.801. The second-order valence-electron chi connectivity index (χ2n) is 4.44. The number of esters is 1. The quantitative estimate of drug-likeness (QED) is 0.864. The molecular formula is C15H14FN3O4. The maximum Gasteiger partial charge on any atom is 0.357 e. The highest BCUT2D eigenvalue weighted by Gasteiger charge is 2.25. The van der Waals surface area contributed by atoms with Crippen molar-refractivity contribution < 1.29 is 23.4 Å². The molecule has 0 saturated carbocycles. The van der Waals surface area contributed by atoms with E-state index in [0.29, 0.717) is 5.75 Å². The van der Waals surface area contributed by atoms with E-state index in [1.807, 2.05) is 6.07 Å². The van der Waals surface area contributed by atoms with Crippen LogP contribution in [0.5, 0.6) is 11.5 Å². The lowest BCUT2D eigenvalue weighted by Gasteiger charge is -2.13. The number of nitrogen functional groups attached to an aromatic ring is 1. The number of aromatic nitrogens is 1. The van der Waals surface area contributed by atoms with Crippen molar-refractivity contribution in [1.29, 1.82) is 5.26 Å². The molecule has 0 spiro atoms. The van der Waals surface area contributed by atoms with Crippen molar-refractivity contribution in [1.82, 2.24) is 4.57 Å². The number of halogens is 1. The van der Waals surface area contributed by atoms with Crippen molar-refractivity contribution in [3.05, 3.63) is 35.4 Å². The van der Waals surface area contributed by atoms with E-state index in [9.17, 15) is 9.18 Å². The molecule has 0 aliphatic heterocycles. The molecular weight excluding hydrogens is 305 g/mol. The first-order chi connectivity index (χ1) is 11.0. The molecule has 0 atom stereocenters. The van der Waals surface area contributed by atoms with Crippen LogP contribution in [0.2, 0.25) is 0 Å². The van der Waals surface area contributed by atoms with Gasteiger partial charge in [-0.1, -0.05) is 0 Å². The molecule has 0 unspecified atom stereocenters.